The molecule has 0 aliphatic carbocycles. The molecule has 1 fully saturated rings. The first-order valence-corrected chi connectivity index (χ1v) is 4.08. The maximum atomic E-state index is 11.0. The third-order valence-electron chi connectivity index (χ3n) is 2.11. The third kappa shape index (κ3) is 2.19. The Morgan fingerprint density at radius 2 is 2.42 bits per heavy atom. The first kappa shape index (κ1) is 9.48. The number of aliphatic hydroxyl groups excluding tert-OH is 1. The Kier molecular flexibility index (Phi) is 3.49. The van der Waals surface area contributed by atoms with E-state index < -0.39 is 0 Å². The molecule has 0 radical (unpaired) electrons. The summed E-state index contributed by atoms with van der Waals surface area (Å²) in [4.78, 5) is 11.0. The predicted molar refractivity (Wildman–Crippen MR) is 41.6 cm³/mol. The van der Waals surface area contributed by atoms with Gasteiger partial charge in [-0.2, -0.15) is 0 Å². The number of carbonyl (C=O) groups is 1. The van der Waals surface area contributed by atoms with Crippen LogP contribution in [0.2, 0.25) is 0 Å². The van der Waals surface area contributed by atoms with Gasteiger partial charge >= 0.3 is 5.97 Å². The molecule has 0 saturated carbocycles. The Bertz CT molecular complexity index is 149. The van der Waals surface area contributed by atoms with Crippen LogP contribution in [0.3, 0.4) is 0 Å². The lowest BCUT2D eigenvalue weighted by Gasteiger charge is -2.25. The number of hydrogen-bond donors (Lipinski definition) is 1. The predicted octanol–water partition coefficient (Wildman–Crippen LogP) is -0.0531. The molecule has 0 aromatic heterocycles. The van der Waals surface area contributed by atoms with Crippen molar-refractivity contribution < 1.29 is 19.4 Å². The average Bonchev–Trinajstić information content (AvgIpc) is 2.17. The zero-order chi connectivity index (χ0) is 8.97. The summed E-state index contributed by atoms with van der Waals surface area (Å²) in [5.74, 6) is -0.357. The molecule has 0 aromatic rings. The number of carbonyl (C=O) groups excluding carboxylic acids is 1. The average molecular weight is 174 g/mol. The molecular weight excluding hydrogens is 160 g/mol. The largest absolute Gasteiger partial charge is 0.469 e. The third-order valence-corrected chi connectivity index (χ3v) is 2.11. The van der Waals surface area contributed by atoms with Crippen molar-refractivity contribution in [3.63, 3.8) is 0 Å². The van der Waals surface area contributed by atoms with E-state index in [4.69, 9.17) is 9.84 Å². The van der Waals surface area contributed by atoms with Gasteiger partial charge in [0.2, 0.25) is 0 Å². The molecular formula is C8H14O4. The Balaban J connectivity index is 2.30. The fourth-order valence-electron chi connectivity index (χ4n) is 1.30. The van der Waals surface area contributed by atoms with Gasteiger partial charge in [-0.05, 0) is 12.8 Å². The summed E-state index contributed by atoms with van der Waals surface area (Å²) in [7, 11) is 1.38. The first-order valence-electron chi connectivity index (χ1n) is 4.08. The topological polar surface area (TPSA) is 55.8 Å². The molecule has 1 saturated heterocycles. The van der Waals surface area contributed by atoms with Gasteiger partial charge in [0.15, 0.2) is 0 Å². The van der Waals surface area contributed by atoms with Gasteiger partial charge in [0.05, 0.1) is 32.3 Å². The van der Waals surface area contributed by atoms with Gasteiger partial charge in [-0.3, -0.25) is 4.79 Å². The van der Waals surface area contributed by atoms with Gasteiger partial charge in [-0.25, -0.2) is 0 Å². The van der Waals surface area contributed by atoms with Crippen molar-refractivity contribution in [2.75, 3.05) is 20.3 Å². The van der Waals surface area contributed by atoms with Crippen LogP contribution in [0.4, 0.5) is 0 Å². The van der Waals surface area contributed by atoms with Gasteiger partial charge in [-0.15, -0.1) is 0 Å². The highest BCUT2D eigenvalue weighted by atomic mass is 16.5. The number of aliphatic hydroxyl groups is 1. The number of ether oxygens (including phenoxy) is 2. The lowest BCUT2D eigenvalue weighted by atomic mass is 9.99. The first-order chi connectivity index (χ1) is 5.77. The zero-order valence-electron chi connectivity index (χ0n) is 7.16. The minimum Gasteiger partial charge on any atom is -0.469 e. The van der Waals surface area contributed by atoms with Crippen molar-refractivity contribution in [3.8, 4) is 0 Å². The maximum absolute atomic E-state index is 11.0. The summed E-state index contributed by atoms with van der Waals surface area (Å²) in [6.45, 7) is 0.409. The van der Waals surface area contributed by atoms with E-state index in [1.807, 2.05) is 0 Å². The Labute approximate surface area is 71.5 Å². The lowest BCUT2D eigenvalue weighted by molar-refractivity contribution is -0.152. The molecule has 0 amide bonds. The summed E-state index contributed by atoms with van der Waals surface area (Å²) in [5.41, 5.74) is 0. The molecule has 0 aromatic carbocycles. The van der Waals surface area contributed by atoms with Crippen LogP contribution >= 0.6 is 0 Å². The molecule has 2 atom stereocenters. The van der Waals surface area contributed by atoms with Gasteiger partial charge in [-0.1, -0.05) is 0 Å². The van der Waals surface area contributed by atoms with E-state index in [0.29, 0.717) is 6.61 Å². The normalized spacial score (nSPS) is 29.8. The van der Waals surface area contributed by atoms with E-state index in [0.717, 1.165) is 12.8 Å². The molecule has 1 N–H and O–H groups in total. The van der Waals surface area contributed by atoms with E-state index in [-0.39, 0.29) is 24.6 Å². The number of hydrogen-bond acceptors (Lipinski definition) is 4. The van der Waals surface area contributed by atoms with Crippen molar-refractivity contribution in [1.29, 1.82) is 0 Å². The zero-order valence-corrected chi connectivity index (χ0v) is 7.16. The smallest absolute Gasteiger partial charge is 0.311 e. The van der Waals surface area contributed by atoms with Crippen LogP contribution in [-0.2, 0) is 14.3 Å². The van der Waals surface area contributed by atoms with Crippen molar-refractivity contribution in [3.05, 3.63) is 0 Å². The fourth-order valence-corrected chi connectivity index (χ4v) is 1.30. The minimum atomic E-state index is -0.216. The summed E-state index contributed by atoms with van der Waals surface area (Å²) in [6, 6.07) is 0. The molecule has 1 aliphatic heterocycles. The van der Waals surface area contributed by atoms with Crippen LogP contribution in [0, 0.1) is 5.92 Å². The molecule has 4 heteroatoms. The van der Waals surface area contributed by atoms with Crippen molar-refractivity contribution in [1.82, 2.24) is 0 Å². The van der Waals surface area contributed by atoms with Crippen molar-refractivity contribution in [2.24, 2.45) is 5.92 Å². The van der Waals surface area contributed by atoms with E-state index >= 15 is 0 Å². The SMILES string of the molecule is COC(=O)C1CCC(CO)OC1. The highest BCUT2D eigenvalue weighted by Crippen LogP contribution is 2.19. The van der Waals surface area contributed by atoms with E-state index in [2.05, 4.69) is 4.74 Å². The van der Waals surface area contributed by atoms with E-state index in [9.17, 15) is 4.79 Å². The molecule has 0 bridgehead atoms. The molecule has 4 nitrogen and oxygen atoms in total. The highest BCUT2D eigenvalue weighted by Gasteiger charge is 2.26. The molecule has 0 spiro atoms. The molecule has 70 valence electrons. The summed E-state index contributed by atoms with van der Waals surface area (Å²) in [5, 5.41) is 8.73. The summed E-state index contributed by atoms with van der Waals surface area (Å²) < 4.78 is 9.79. The van der Waals surface area contributed by atoms with Crippen LogP contribution < -0.4 is 0 Å². The van der Waals surface area contributed by atoms with E-state index in [1.165, 1.54) is 7.11 Å². The van der Waals surface area contributed by atoms with Crippen molar-refractivity contribution >= 4 is 5.97 Å². The number of esters is 1. The van der Waals surface area contributed by atoms with Crippen LogP contribution in [0.15, 0.2) is 0 Å². The molecule has 1 heterocycles. The van der Waals surface area contributed by atoms with Gasteiger partial charge < -0.3 is 14.6 Å². The lowest BCUT2D eigenvalue weighted by Crippen LogP contribution is -2.33. The Hall–Kier alpha value is -0.610. The second-order valence-electron chi connectivity index (χ2n) is 2.94. The molecule has 2 unspecified atom stereocenters. The van der Waals surface area contributed by atoms with Gasteiger partial charge in [0.25, 0.3) is 0 Å². The number of rotatable bonds is 2. The standard InChI is InChI=1S/C8H14O4/c1-11-8(10)6-2-3-7(4-9)12-5-6/h6-7,9H,2-5H2,1H3. The quantitative estimate of drug-likeness (QED) is 0.596. The Morgan fingerprint density at radius 1 is 1.67 bits per heavy atom. The molecule has 1 rings (SSSR count). The van der Waals surface area contributed by atoms with Gasteiger partial charge in [0.1, 0.15) is 0 Å². The molecule has 1 aliphatic rings. The highest BCUT2D eigenvalue weighted by molar-refractivity contribution is 5.72. The summed E-state index contributed by atoms with van der Waals surface area (Å²) >= 11 is 0. The van der Waals surface area contributed by atoms with E-state index in [1.54, 1.807) is 0 Å². The monoisotopic (exact) mass is 174 g/mol. The van der Waals surface area contributed by atoms with Crippen LogP contribution in [0.25, 0.3) is 0 Å². The molecule has 12 heavy (non-hydrogen) atoms. The van der Waals surface area contributed by atoms with Crippen LogP contribution in [0.1, 0.15) is 12.8 Å². The maximum Gasteiger partial charge on any atom is 0.311 e. The minimum absolute atomic E-state index is 0.0356. The van der Waals surface area contributed by atoms with Crippen LogP contribution in [0.5, 0.6) is 0 Å². The second-order valence-corrected chi connectivity index (χ2v) is 2.94. The van der Waals surface area contributed by atoms with Gasteiger partial charge in [0, 0.05) is 0 Å². The Morgan fingerprint density at radius 3 is 2.83 bits per heavy atom. The van der Waals surface area contributed by atoms with Crippen LogP contribution in [-0.4, -0.2) is 37.5 Å². The fraction of sp³-hybridized carbons (Fsp3) is 0.875. The second kappa shape index (κ2) is 4.42. The van der Waals surface area contributed by atoms with Crippen molar-refractivity contribution in [2.45, 2.75) is 18.9 Å². The summed E-state index contributed by atoms with van der Waals surface area (Å²) in [6.07, 6.45) is 1.39. The number of methoxy groups -OCH3 is 1.